The summed E-state index contributed by atoms with van der Waals surface area (Å²) in [6.07, 6.45) is 3.02. The monoisotopic (exact) mass is 387 g/mol. The Kier molecular flexibility index (Phi) is 8.90. The van der Waals surface area contributed by atoms with Gasteiger partial charge in [0.25, 0.3) is 0 Å². The van der Waals surface area contributed by atoms with Gasteiger partial charge in [-0.3, -0.25) is 4.99 Å². The van der Waals surface area contributed by atoms with E-state index in [2.05, 4.69) is 27.3 Å². The third-order valence-corrected chi connectivity index (χ3v) is 3.84. The second-order valence-electron chi connectivity index (χ2n) is 5.86. The van der Waals surface area contributed by atoms with Crippen molar-refractivity contribution in [3.05, 3.63) is 17.7 Å². The number of nitrogens with one attached hydrogen (secondary N) is 2. The fourth-order valence-corrected chi connectivity index (χ4v) is 2.44. The Morgan fingerprint density at radius 1 is 1.19 bits per heavy atom. The summed E-state index contributed by atoms with van der Waals surface area (Å²) < 4.78 is 45.9. The predicted molar refractivity (Wildman–Crippen MR) is 97.7 cm³/mol. The number of benzene rings is 1. The summed E-state index contributed by atoms with van der Waals surface area (Å²) in [5.41, 5.74) is 0.519. The zero-order valence-corrected chi connectivity index (χ0v) is 15.7. The van der Waals surface area contributed by atoms with Gasteiger partial charge in [-0.15, -0.1) is 0 Å². The second-order valence-corrected chi connectivity index (χ2v) is 5.86. The van der Waals surface area contributed by atoms with Crippen LogP contribution in [-0.2, 0) is 11.3 Å². The van der Waals surface area contributed by atoms with Crippen LogP contribution in [-0.4, -0.2) is 46.2 Å². The van der Waals surface area contributed by atoms with Gasteiger partial charge in [0.15, 0.2) is 17.5 Å². The largest absolute Gasteiger partial charge is 0.454 e. The quantitative estimate of drug-likeness (QED) is 0.346. The molecule has 1 aliphatic rings. The first kappa shape index (κ1) is 21.0. The first-order valence-corrected chi connectivity index (χ1v) is 9.03. The molecule has 9 heteroatoms. The molecule has 0 unspecified atom stereocenters. The van der Waals surface area contributed by atoms with Crippen LogP contribution >= 0.6 is 0 Å². The highest BCUT2D eigenvalue weighted by molar-refractivity contribution is 5.79. The lowest BCUT2D eigenvalue weighted by Crippen LogP contribution is -2.37. The Balaban J connectivity index is 1.83. The van der Waals surface area contributed by atoms with Crippen LogP contribution in [0.2, 0.25) is 0 Å². The molecular weight excluding hydrogens is 360 g/mol. The van der Waals surface area contributed by atoms with Gasteiger partial charge in [0.05, 0.1) is 0 Å². The Morgan fingerprint density at radius 3 is 2.63 bits per heavy atom. The summed E-state index contributed by atoms with van der Waals surface area (Å²) in [7, 11) is 1.64. The minimum atomic E-state index is -2.92. The highest BCUT2D eigenvalue weighted by Gasteiger charge is 2.20. The van der Waals surface area contributed by atoms with Crippen molar-refractivity contribution >= 4 is 5.96 Å². The van der Waals surface area contributed by atoms with Gasteiger partial charge in [-0.1, -0.05) is 13.3 Å². The number of hydrogen-bond donors (Lipinski definition) is 2. The molecule has 0 aromatic heterocycles. The fraction of sp³-hybridized carbons (Fsp3) is 0.611. The van der Waals surface area contributed by atoms with E-state index in [0.717, 1.165) is 25.9 Å². The van der Waals surface area contributed by atoms with Gasteiger partial charge in [-0.2, -0.15) is 8.78 Å². The highest BCUT2D eigenvalue weighted by atomic mass is 19.3. The summed E-state index contributed by atoms with van der Waals surface area (Å²) in [5, 5.41) is 6.24. The van der Waals surface area contributed by atoms with Crippen molar-refractivity contribution < 1.29 is 27.7 Å². The SMILES string of the molecule is CCCCOCCCNC(=NC)NCc1cc2c(cc1OC(F)F)OCO2. The number of nitrogens with zero attached hydrogens (tertiary/aromatic N) is 1. The number of fused-ring (bicyclic) bond motifs is 1. The van der Waals surface area contributed by atoms with Crippen LogP contribution in [0.4, 0.5) is 8.78 Å². The van der Waals surface area contributed by atoms with Crippen LogP contribution < -0.4 is 24.8 Å². The van der Waals surface area contributed by atoms with Gasteiger partial charge in [-0.25, -0.2) is 0 Å². The molecule has 1 aromatic carbocycles. The Morgan fingerprint density at radius 2 is 1.93 bits per heavy atom. The smallest absolute Gasteiger partial charge is 0.387 e. The van der Waals surface area contributed by atoms with Gasteiger partial charge < -0.3 is 29.6 Å². The van der Waals surface area contributed by atoms with Crippen LogP contribution in [0, 0.1) is 0 Å². The minimum absolute atomic E-state index is 0.0431. The van der Waals surface area contributed by atoms with Gasteiger partial charge in [0, 0.05) is 45.0 Å². The first-order valence-electron chi connectivity index (χ1n) is 9.03. The van der Waals surface area contributed by atoms with E-state index in [0.29, 0.717) is 36.2 Å². The number of ether oxygens (including phenoxy) is 4. The molecule has 0 aliphatic carbocycles. The van der Waals surface area contributed by atoms with E-state index in [4.69, 9.17) is 14.2 Å². The third kappa shape index (κ3) is 7.09. The number of unbranched alkanes of at least 4 members (excludes halogenated alkanes) is 1. The van der Waals surface area contributed by atoms with Crippen LogP contribution in [0.1, 0.15) is 31.7 Å². The first-order chi connectivity index (χ1) is 13.1. The molecule has 27 heavy (non-hydrogen) atoms. The summed E-state index contributed by atoms with van der Waals surface area (Å²) in [4.78, 5) is 4.12. The fourth-order valence-electron chi connectivity index (χ4n) is 2.44. The molecule has 0 atom stereocenters. The van der Waals surface area contributed by atoms with E-state index in [-0.39, 0.29) is 19.1 Å². The van der Waals surface area contributed by atoms with Crippen molar-refractivity contribution in [3.8, 4) is 17.2 Å². The van der Waals surface area contributed by atoms with Gasteiger partial charge in [0.2, 0.25) is 6.79 Å². The lowest BCUT2D eigenvalue weighted by molar-refractivity contribution is -0.0505. The minimum Gasteiger partial charge on any atom is -0.454 e. The van der Waals surface area contributed by atoms with Crippen molar-refractivity contribution in [2.45, 2.75) is 39.3 Å². The van der Waals surface area contributed by atoms with Gasteiger partial charge in [-0.05, 0) is 18.9 Å². The standard InChI is InChI=1S/C18H27F2N3O4/c1-3-4-7-24-8-5-6-22-18(21-2)23-11-13-9-15-16(26-12-25-15)10-14(13)27-17(19)20/h9-10,17H,3-8,11-12H2,1-2H3,(H2,21,22,23). The summed E-state index contributed by atoms with van der Waals surface area (Å²) in [6.45, 7) is 1.65. The van der Waals surface area contributed by atoms with Crippen molar-refractivity contribution in [3.63, 3.8) is 0 Å². The molecule has 2 N–H and O–H groups in total. The average molecular weight is 387 g/mol. The molecule has 2 rings (SSSR count). The molecule has 0 bridgehead atoms. The molecule has 1 heterocycles. The Bertz CT molecular complexity index is 615. The average Bonchev–Trinajstić information content (AvgIpc) is 3.10. The summed E-state index contributed by atoms with van der Waals surface area (Å²) in [5.74, 6) is 1.49. The number of guanidine groups is 1. The normalized spacial score (nSPS) is 13.1. The topological polar surface area (TPSA) is 73.3 Å². The van der Waals surface area contributed by atoms with Gasteiger partial charge >= 0.3 is 6.61 Å². The van der Waals surface area contributed by atoms with E-state index in [1.165, 1.54) is 6.07 Å². The van der Waals surface area contributed by atoms with Gasteiger partial charge in [0.1, 0.15) is 5.75 Å². The zero-order chi connectivity index (χ0) is 19.5. The maximum atomic E-state index is 12.7. The molecular formula is C18H27F2N3O4. The highest BCUT2D eigenvalue weighted by Crippen LogP contribution is 2.38. The van der Waals surface area contributed by atoms with E-state index in [9.17, 15) is 8.78 Å². The van der Waals surface area contributed by atoms with E-state index in [1.54, 1.807) is 13.1 Å². The summed E-state index contributed by atoms with van der Waals surface area (Å²) >= 11 is 0. The molecule has 0 spiro atoms. The van der Waals surface area contributed by atoms with E-state index >= 15 is 0 Å². The second kappa shape index (κ2) is 11.4. The molecule has 1 aromatic rings. The molecule has 152 valence electrons. The van der Waals surface area contributed by atoms with Crippen LogP contribution in [0.5, 0.6) is 17.2 Å². The lowest BCUT2D eigenvalue weighted by atomic mass is 10.1. The Hall–Kier alpha value is -2.29. The molecule has 0 amide bonds. The van der Waals surface area contributed by atoms with Crippen LogP contribution in [0.25, 0.3) is 0 Å². The predicted octanol–water partition coefficient (Wildman–Crippen LogP) is 2.89. The number of halogens is 2. The number of alkyl halides is 2. The van der Waals surface area contributed by atoms with Crippen LogP contribution in [0.3, 0.4) is 0 Å². The third-order valence-electron chi connectivity index (χ3n) is 3.84. The molecule has 1 aliphatic heterocycles. The molecule has 0 saturated heterocycles. The van der Waals surface area contributed by atoms with E-state index in [1.807, 2.05) is 0 Å². The molecule has 0 radical (unpaired) electrons. The Labute approximate surface area is 158 Å². The van der Waals surface area contributed by atoms with Crippen molar-refractivity contribution in [2.75, 3.05) is 33.6 Å². The zero-order valence-electron chi connectivity index (χ0n) is 15.7. The number of rotatable bonds is 11. The number of aliphatic imine (C=N–C) groups is 1. The molecule has 0 saturated carbocycles. The summed E-state index contributed by atoms with van der Waals surface area (Å²) in [6, 6.07) is 3.04. The van der Waals surface area contributed by atoms with Crippen molar-refractivity contribution in [1.29, 1.82) is 0 Å². The maximum absolute atomic E-state index is 12.7. The lowest BCUT2D eigenvalue weighted by Gasteiger charge is -2.15. The van der Waals surface area contributed by atoms with Crippen molar-refractivity contribution in [1.82, 2.24) is 10.6 Å². The van der Waals surface area contributed by atoms with Crippen molar-refractivity contribution in [2.24, 2.45) is 4.99 Å². The number of hydrogen-bond acceptors (Lipinski definition) is 5. The van der Waals surface area contributed by atoms with Crippen LogP contribution in [0.15, 0.2) is 17.1 Å². The van der Waals surface area contributed by atoms with E-state index < -0.39 is 6.61 Å². The maximum Gasteiger partial charge on any atom is 0.387 e. The molecule has 7 nitrogen and oxygen atoms in total. The molecule has 0 fully saturated rings.